The van der Waals surface area contributed by atoms with Crippen LogP contribution in [0.4, 0.5) is 0 Å². The molecular weight excluding hydrogens is 403 g/mol. The molecule has 1 fully saturated rings. The standard InChI is InChI=1S/C17H36N4O.HI/c1-7-14(8-2)15(21-9-11-22-12-10-21)13-19-16(18-6)20-17(3,4)5;/h14-15H,7-13H2,1-6H3,(H2,18,19,20);1H. The number of ether oxygens (including phenoxy) is 1. The lowest BCUT2D eigenvalue weighted by Gasteiger charge is -2.39. The fourth-order valence-corrected chi connectivity index (χ4v) is 3.07. The van der Waals surface area contributed by atoms with Crippen molar-refractivity contribution in [3.05, 3.63) is 0 Å². The molecule has 0 aliphatic carbocycles. The van der Waals surface area contributed by atoms with Gasteiger partial charge in [-0.25, -0.2) is 0 Å². The summed E-state index contributed by atoms with van der Waals surface area (Å²) in [6.07, 6.45) is 2.43. The number of aliphatic imine (C=N–C) groups is 1. The topological polar surface area (TPSA) is 48.9 Å². The molecule has 23 heavy (non-hydrogen) atoms. The fourth-order valence-electron chi connectivity index (χ4n) is 3.07. The van der Waals surface area contributed by atoms with Crippen LogP contribution in [0.3, 0.4) is 0 Å². The van der Waals surface area contributed by atoms with Crippen LogP contribution in [0.2, 0.25) is 0 Å². The number of hydrogen-bond donors (Lipinski definition) is 2. The molecule has 0 amide bonds. The van der Waals surface area contributed by atoms with Crippen molar-refractivity contribution in [1.82, 2.24) is 15.5 Å². The molecule has 0 aromatic rings. The van der Waals surface area contributed by atoms with Gasteiger partial charge in [-0.3, -0.25) is 9.89 Å². The van der Waals surface area contributed by atoms with Gasteiger partial charge in [-0.2, -0.15) is 0 Å². The van der Waals surface area contributed by atoms with Crippen LogP contribution in [0.25, 0.3) is 0 Å². The third-order valence-electron chi connectivity index (χ3n) is 4.30. The zero-order chi connectivity index (χ0) is 16.6. The highest BCUT2D eigenvalue weighted by molar-refractivity contribution is 14.0. The second kappa shape index (κ2) is 11.5. The number of nitrogens with zero attached hydrogens (tertiary/aromatic N) is 2. The zero-order valence-electron chi connectivity index (χ0n) is 15.8. The Labute approximate surface area is 160 Å². The normalized spacial score (nSPS) is 18.5. The largest absolute Gasteiger partial charge is 0.379 e. The number of rotatable bonds is 6. The van der Waals surface area contributed by atoms with E-state index in [2.05, 4.69) is 55.1 Å². The first-order valence-corrected chi connectivity index (χ1v) is 8.71. The molecule has 1 aliphatic heterocycles. The van der Waals surface area contributed by atoms with Crippen LogP contribution in [0.1, 0.15) is 47.5 Å². The quantitative estimate of drug-likeness (QED) is 0.379. The van der Waals surface area contributed by atoms with Gasteiger partial charge in [0.15, 0.2) is 5.96 Å². The van der Waals surface area contributed by atoms with Crippen LogP contribution >= 0.6 is 24.0 Å². The number of guanidine groups is 1. The van der Waals surface area contributed by atoms with E-state index in [4.69, 9.17) is 4.74 Å². The average molecular weight is 440 g/mol. The second-order valence-electron chi connectivity index (χ2n) is 7.12. The van der Waals surface area contributed by atoms with E-state index in [1.807, 2.05) is 7.05 Å². The maximum Gasteiger partial charge on any atom is 0.191 e. The van der Waals surface area contributed by atoms with E-state index >= 15 is 0 Å². The van der Waals surface area contributed by atoms with E-state index in [0.29, 0.717) is 12.0 Å². The maximum atomic E-state index is 5.51. The Balaban J connectivity index is 0.00000484. The van der Waals surface area contributed by atoms with Crippen molar-refractivity contribution in [1.29, 1.82) is 0 Å². The average Bonchev–Trinajstić information content (AvgIpc) is 2.49. The Kier molecular flexibility index (Phi) is 11.4. The summed E-state index contributed by atoms with van der Waals surface area (Å²) in [6.45, 7) is 15.8. The first kappa shape index (κ1) is 22.9. The number of hydrogen-bond acceptors (Lipinski definition) is 3. The lowest BCUT2D eigenvalue weighted by molar-refractivity contribution is 0.00270. The molecular formula is C17H37IN4O. The molecule has 0 saturated carbocycles. The van der Waals surface area contributed by atoms with Gasteiger partial charge in [0.1, 0.15) is 0 Å². The molecule has 1 atom stereocenters. The van der Waals surface area contributed by atoms with Gasteiger partial charge in [-0.05, 0) is 26.7 Å². The molecule has 1 unspecified atom stereocenters. The minimum absolute atomic E-state index is 0. The molecule has 0 radical (unpaired) electrons. The van der Waals surface area contributed by atoms with Gasteiger partial charge in [0.05, 0.1) is 13.2 Å². The van der Waals surface area contributed by atoms with Crippen molar-refractivity contribution in [2.45, 2.75) is 59.0 Å². The predicted octanol–water partition coefficient (Wildman–Crippen LogP) is 2.70. The molecule has 0 spiro atoms. The third-order valence-corrected chi connectivity index (χ3v) is 4.30. The van der Waals surface area contributed by atoms with Crippen molar-refractivity contribution in [2.75, 3.05) is 39.9 Å². The van der Waals surface area contributed by atoms with E-state index in [-0.39, 0.29) is 29.5 Å². The summed E-state index contributed by atoms with van der Waals surface area (Å²) in [7, 11) is 1.84. The molecule has 2 N–H and O–H groups in total. The number of nitrogens with one attached hydrogen (secondary N) is 2. The van der Waals surface area contributed by atoms with Crippen LogP contribution in [0, 0.1) is 5.92 Å². The summed E-state index contributed by atoms with van der Waals surface area (Å²) < 4.78 is 5.51. The molecule has 1 saturated heterocycles. The van der Waals surface area contributed by atoms with Gasteiger partial charge >= 0.3 is 0 Å². The van der Waals surface area contributed by atoms with Crippen LogP contribution < -0.4 is 10.6 Å². The zero-order valence-corrected chi connectivity index (χ0v) is 18.1. The number of halogens is 1. The summed E-state index contributed by atoms with van der Waals surface area (Å²) in [5, 5.41) is 6.96. The van der Waals surface area contributed by atoms with Gasteiger partial charge in [0, 0.05) is 38.3 Å². The highest BCUT2D eigenvalue weighted by atomic mass is 127. The van der Waals surface area contributed by atoms with Gasteiger partial charge in [-0.1, -0.05) is 26.7 Å². The van der Waals surface area contributed by atoms with Crippen LogP contribution in [-0.2, 0) is 4.74 Å². The van der Waals surface area contributed by atoms with Gasteiger partial charge in [-0.15, -0.1) is 24.0 Å². The summed E-state index contributed by atoms with van der Waals surface area (Å²) in [5.41, 5.74) is 0.0191. The van der Waals surface area contributed by atoms with Crippen molar-refractivity contribution in [3.8, 4) is 0 Å². The predicted molar refractivity (Wildman–Crippen MR) is 110 cm³/mol. The molecule has 0 aromatic carbocycles. The highest BCUT2D eigenvalue weighted by Crippen LogP contribution is 2.19. The lowest BCUT2D eigenvalue weighted by Crippen LogP contribution is -2.55. The Morgan fingerprint density at radius 3 is 2.17 bits per heavy atom. The second-order valence-corrected chi connectivity index (χ2v) is 7.12. The fraction of sp³-hybridized carbons (Fsp3) is 0.941. The van der Waals surface area contributed by atoms with E-state index in [0.717, 1.165) is 38.8 Å². The molecule has 0 bridgehead atoms. The van der Waals surface area contributed by atoms with Crippen molar-refractivity contribution < 1.29 is 4.74 Å². The summed E-state index contributed by atoms with van der Waals surface area (Å²) in [5.74, 6) is 1.59. The summed E-state index contributed by atoms with van der Waals surface area (Å²) >= 11 is 0. The SMILES string of the molecule is CCC(CC)C(CNC(=NC)NC(C)(C)C)N1CCOCC1.I. The Bertz CT molecular complexity index is 334. The van der Waals surface area contributed by atoms with Gasteiger partial charge in [0.2, 0.25) is 0 Å². The van der Waals surface area contributed by atoms with Crippen LogP contribution in [-0.4, -0.2) is 62.3 Å². The monoisotopic (exact) mass is 440 g/mol. The maximum absolute atomic E-state index is 5.51. The minimum Gasteiger partial charge on any atom is -0.379 e. The van der Waals surface area contributed by atoms with Crippen molar-refractivity contribution in [2.24, 2.45) is 10.9 Å². The third kappa shape index (κ3) is 8.54. The highest BCUT2D eigenvalue weighted by Gasteiger charge is 2.27. The first-order chi connectivity index (χ1) is 10.4. The van der Waals surface area contributed by atoms with Crippen LogP contribution in [0.15, 0.2) is 4.99 Å². The van der Waals surface area contributed by atoms with Gasteiger partial charge in [0.25, 0.3) is 0 Å². The van der Waals surface area contributed by atoms with Gasteiger partial charge < -0.3 is 15.4 Å². The van der Waals surface area contributed by atoms with Crippen LogP contribution in [0.5, 0.6) is 0 Å². The molecule has 5 nitrogen and oxygen atoms in total. The Morgan fingerprint density at radius 2 is 1.74 bits per heavy atom. The summed E-state index contributed by atoms with van der Waals surface area (Å²) in [6, 6.07) is 0.539. The molecule has 1 rings (SSSR count). The smallest absolute Gasteiger partial charge is 0.191 e. The van der Waals surface area contributed by atoms with Crippen molar-refractivity contribution in [3.63, 3.8) is 0 Å². The molecule has 0 aromatic heterocycles. The minimum atomic E-state index is 0. The Morgan fingerprint density at radius 1 is 1.17 bits per heavy atom. The number of morpholine rings is 1. The molecule has 138 valence electrons. The molecule has 1 aliphatic rings. The lowest BCUT2D eigenvalue weighted by atomic mass is 9.92. The van der Waals surface area contributed by atoms with E-state index in [9.17, 15) is 0 Å². The van der Waals surface area contributed by atoms with E-state index in [1.165, 1.54) is 12.8 Å². The molecule has 1 heterocycles. The first-order valence-electron chi connectivity index (χ1n) is 8.71. The Hall–Kier alpha value is -0.0800. The van der Waals surface area contributed by atoms with E-state index in [1.54, 1.807) is 0 Å². The van der Waals surface area contributed by atoms with Crippen molar-refractivity contribution >= 4 is 29.9 Å². The van der Waals surface area contributed by atoms with E-state index < -0.39 is 0 Å². The molecule has 6 heteroatoms. The summed E-state index contributed by atoms with van der Waals surface area (Å²) in [4.78, 5) is 6.93.